The molecule has 0 aromatic rings. The zero-order valence-corrected chi connectivity index (χ0v) is 39.6. The molecule has 0 aliphatic rings. The second-order valence-electron chi connectivity index (χ2n) is 17.1. The molecule has 0 heterocycles. The maximum Gasteiger partial charge on any atom is 0.268 e. The van der Waals surface area contributed by atoms with Crippen molar-refractivity contribution in [2.45, 2.75) is 199 Å². The van der Waals surface area contributed by atoms with Gasteiger partial charge in [-0.15, -0.1) is 0 Å². The number of allylic oxidation sites excluding steroid dienone is 11. The topological polar surface area (TPSA) is 108 Å². The largest absolute Gasteiger partial charge is 0.756 e. The van der Waals surface area contributed by atoms with E-state index in [2.05, 4.69) is 79.9 Å². The maximum absolute atomic E-state index is 12.9. The van der Waals surface area contributed by atoms with Gasteiger partial charge < -0.3 is 28.8 Å². The molecule has 1 amide bonds. The minimum atomic E-state index is -4.61. The summed E-state index contributed by atoms with van der Waals surface area (Å²) in [6.45, 7) is 4.48. The molecule has 3 unspecified atom stereocenters. The van der Waals surface area contributed by atoms with Gasteiger partial charge in [-0.25, -0.2) is 0 Å². The first-order valence-corrected chi connectivity index (χ1v) is 25.3. The minimum absolute atomic E-state index is 0.0149. The average Bonchev–Trinajstić information content (AvgIpc) is 3.19. The molecule has 0 saturated heterocycles. The Morgan fingerprint density at radius 1 is 0.610 bits per heavy atom. The molecule has 0 spiro atoms. The zero-order chi connectivity index (χ0) is 43.6. The van der Waals surface area contributed by atoms with Crippen LogP contribution in [-0.2, 0) is 18.4 Å². The second kappa shape index (κ2) is 41.3. The Bertz CT molecular complexity index is 1190. The lowest BCUT2D eigenvalue weighted by Crippen LogP contribution is -2.45. The van der Waals surface area contributed by atoms with Crippen LogP contribution >= 0.6 is 7.82 Å². The van der Waals surface area contributed by atoms with Crippen LogP contribution in [0, 0.1) is 0 Å². The van der Waals surface area contributed by atoms with Crippen LogP contribution < -0.4 is 10.2 Å². The summed E-state index contributed by atoms with van der Waals surface area (Å²) in [5.74, 6) is -0.233. The molecule has 0 aromatic heterocycles. The third-order valence-corrected chi connectivity index (χ3v) is 11.1. The van der Waals surface area contributed by atoms with E-state index in [1.807, 2.05) is 27.2 Å². The molecule has 0 aromatic carbocycles. The molecule has 342 valence electrons. The highest BCUT2D eigenvalue weighted by Gasteiger charge is 2.23. The third-order valence-electron chi connectivity index (χ3n) is 10.2. The van der Waals surface area contributed by atoms with Crippen molar-refractivity contribution >= 4 is 13.7 Å². The number of unbranched alkanes of at least 4 members (excludes halogenated alkanes) is 19. The quantitative estimate of drug-likeness (QED) is 0.0274. The molecule has 3 atom stereocenters. The number of phosphoric acid groups is 1. The van der Waals surface area contributed by atoms with Gasteiger partial charge in [-0.2, -0.15) is 0 Å². The van der Waals surface area contributed by atoms with Crippen LogP contribution in [0.25, 0.3) is 0 Å². The Kier molecular flexibility index (Phi) is 39.9. The number of hydrogen-bond acceptors (Lipinski definition) is 6. The van der Waals surface area contributed by atoms with Gasteiger partial charge in [-0.05, 0) is 70.6 Å². The van der Waals surface area contributed by atoms with E-state index in [9.17, 15) is 19.4 Å². The van der Waals surface area contributed by atoms with Crippen LogP contribution in [0.1, 0.15) is 187 Å². The highest BCUT2D eigenvalue weighted by atomic mass is 31.2. The summed E-state index contributed by atoms with van der Waals surface area (Å²) < 4.78 is 23.2. The van der Waals surface area contributed by atoms with E-state index < -0.39 is 26.6 Å². The SMILES string of the molecule is CC/C=C\C/C=C\C/C=C\C/C=C\CCCCCCC(=O)NC(COP(=O)([O-])OCC[N+](C)(C)C)C(O)/C=C/CC/C=C/CCCCCCCCCCCCCCCC. The highest BCUT2D eigenvalue weighted by Crippen LogP contribution is 2.38. The number of quaternary nitrogens is 1. The monoisotopic (exact) mass is 847 g/mol. The molecule has 2 N–H and O–H groups in total. The number of likely N-dealkylation sites (N-methyl/N-ethyl adjacent to an activating group) is 1. The number of nitrogens with one attached hydrogen (secondary N) is 1. The molecule has 9 heteroatoms. The van der Waals surface area contributed by atoms with Crippen LogP contribution in [0.3, 0.4) is 0 Å². The predicted molar refractivity (Wildman–Crippen MR) is 251 cm³/mol. The van der Waals surface area contributed by atoms with Gasteiger partial charge in [0.15, 0.2) is 0 Å². The van der Waals surface area contributed by atoms with E-state index in [1.165, 1.54) is 89.9 Å². The zero-order valence-electron chi connectivity index (χ0n) is 38.7. The van der Waals surface area contributed by atoms with Crippen molar-refractivity contribution in [3.63, 3.8) is 0 Å². The van der Waals surface area contributed by atoms with Crippen molar-refractivity contribution in [1.29, 1.82) is 0 Å². The number of aliphatic hydroxyl groups is 1. The van der Waals surface area contributed by atoms with Crippen molar-refractivity contribution in [3.8, 4) is 0 Å². The van der Waals surface area contributed by atoms with Crippen molar-refractivity contribution in [1.82, 2.24) is 5.32 Å². The fourth-order valence-electron chi connectivity index (χ4n) is 6.39. The van der Waals surface area contributed by atoms with Crippen molar-refractivity contribution in [2.75, 3.05) is 40.9 Å². The van der Waals surface area contributed by atoms with Gasteiger partial charge in [-0.3, -0.25) is 9.36 Å². The van der Waals surface area contributed by atoms with E-state index in [0.717, 1.165) is 77.0 Å². The number of amides is 1. The number of carbonyl (C=O) groups excluding carboxylic acids is 1. The van der Waals surface area contributed by atoms with Gasteiger partial charge in [0.25, 0.3) is 7.82 Å². The van der Waals surface area contributed by atoms with Crippen LogP contribution in [0.15, 0.2) is 72.9 Å². The minimum Gasteiger partial charge on any atom is -0.756 e. The number of carbonyl (C=O) groups is 1. The lowest BCUT2D eigenvalue weighted by atomic mass is 10.0. The Balaban J connectivity index is 4.48. The number of nitrogens with zero attached hydrogens (tertiary/aromatic N) is 1. The van der Waals surface area contributed by atoms with Gasteiger partial charge in [0.1, 0.15) is 13.2 Å². The number of phosphoric ester groups is 1. The first-order chi connectivity index (χ1) is 28.5. The van der Waals surface area contributed by atoms with Gasteiger partial charge in [0, 0.05) is 6.42 Å². The summed E-state index contributed by atoms with van der Waals surface area (Å²) in [6.07, 6.45) is 55.3. The van der Waals surface area contributed by atoms with E-state index in [1.54, 1.807) is 6.08 Å². The molecule has 0 rings (SSSR count). The Hall–Kier alpha value is -2.06. The maximum atomic E-state index is 12.9. The number of rotatable bonds is 42. The summed E-state index contributed by atoms with van der Waals surface area (Å²) in [7, 11) is 1.21. The van der Waals surface area contributed by atoms with Gasteiger partial charge in [-0.1, -0.05) is 183 Å². The molecule has 0 radical (unpaired) electrons. The molecule has 0 aliphatic heterocycles. The predicted octanol–water partition coefficient (Wildman–Crippen LogP) is 12.9. The summed E-state index contributed by atoms with van der Waals surface area (Å²) >= 11 is 0. The first-order valence-electron chi connectivity index (χ1n) is 23.8. The van der Waals surface area contributed by atoms with Crippen molar-refractivity contribution in [2.24, 2.45) is 0 Å². The summed E-state index contributed by atoms with van der Waals surface area (Å²) in [5.41, 5.74) is 0. The fourth-order valence-corrected chi connectivity index (χ4v) is 7.12. The molecule has 0 fully saturated rings. The molecule has 8 nitrogen and oxygen atoms in total. The van der Waals surface area contributed by atoms with Crippen molar-refractivity contribution in [3.05, 3.63) is 72.9 Å². The first kappa shape index (κ1) is 56.9. The molecule has 0 bridgehead atoms. The molecule has 59 heavy (non-hydrogen) atoms. The Morgan fingerprint density at radius 3 is 1.58 bits per heavy atom. The summed E-state index contributed by atoms with van der Waals surface area (Å²) in [4.78, 5) is 25.3. The lowest BCUT2D eigenvalue weighted by molar-refractivity contribution is -0.870. The fraction of sp³-hybridized carbons (Fsp3) is 0.740. The molecular formula is C50H91N2O6P. The van der Waals surface area contributed by atoms with E-state index in [4.69, 9.17) is 9.05 Å². The van der Waals surface area contributed by atoms with E-state index >= 15 is 0 Å². The number of hydrogen-bond donors (Lipinski definition) is 2. The lowest BCUT2D eigenvalue weighted by Gasteiger charge is -2.29. The number of aliphatic hydroxyl groups excluding tert-OH is 1. The summed E-state index contributed by atoms with van der Waals surface area (Å²) in [6, 6.07) is -0.919. The van der Waals surface area contributed by atoms with E-state index in [0.29, 0.717) is 17.4 Å². The van der Waals surface area contributed by atoms with Crippen LogP contribution in [-0.4, -0.2) is 68.5 Å². The molecule has 0 aliphatic carbocycles. The standard InChI is InChI=1S/C50H91N2O6P/c1-6-8-10-12-14-16-18-20-22-24-25-26-28-29-31-33-35-37-39-41-43-49(53)48(47-58-59(55,56)57-46-45-52(3,4)5)51-50(54)44-42-40-38-36-34-32-30-27-23-21-19-17-15-13-11-9-7-2/h9,11,15,17,21,23,30,32-33,35,41,43,48-49,53H,6-8,10,12-14,16,18-20,22,24-29,31,34,36-40,42,44-47H2,1-5H3,(H-,51,54,55,56)/b11-9-,17-15-,23-21-,32-30-,35-33+,43-41+. The van der Waals surface area contributed by atoms with E-state index in [-0.39, 0.29) is 12.5 Å². The van der Waals surface area contributed by atoms with Gasteiger partial charge in [0.2, 0.25) is 5.91 Å². The average molecular weight is 847 g/mol. The normalized spacial score (nSPS) is 14.9. The Labute approximate surface area is 364 Å². The van der Waals surface area contributed by atoms with Crippen LogP contribution in [0.4, 0.5) is 0 Å². The second-order valence-corrected chi connectivity index (χ2v) is 18.5. The Morgan fingerprint density at radius 2 is 1.05 bits per heavy atom. The van der Waals surface area contributed by atoms with Crippen LogP contribution in [0.2, 0.25) is 0 Å². The molecule has 0 saturated carbocycles. The summed E-state index contributed by atoms with van der Waals surface area (Å²) in [5, 5.41) is 13.8. The van der Waals surface area contributed by atoms with Crippen molar-refractivity contribution < 1.29 is 32.9 Å². The third kappa shape index (κ3) is 43.8. The van der Waals surface area contributed by atoms with Gasteiger partial charge >= 0.3 is 0 Å². The highest BCUT2D eigenvalue weighted by molar-refractivity contribution is 7.45. The van der Waals surface area contributed by atoms with Crippen LogP contribution in [0.5, 0.6) is 0 Å². The molecular weight excluding hydrogens is 756 g/mol. The van der Waals surface area contributed by atoms with Gasteiger partial charge in [0.05, 0.1) is 39.9 Å². The smallest absolute Gasteiger partial charge is 0.268 e.